The fourth-order valence-corrected chi connectivity index (χ4v) is 4.22. The molecule has 2 aromatic carbocycles. The van der Waals surface area contributed by atoms with Crippen LogP contribution in [0.25, 0.3) is 0 Å². The SMILES string of the molecule is COc1ccc(C(NS(=O)(=O)c2ccc(C)c(Cl)c2)C2CC2)cc1. The van der Waals surface area contributed by atoms with Gasteiger partial charge in [-0.15, -0.1) is 0 Å². The first-order valence-electron chi connectivity index (χ1n) is 7.83. The average Bonchev–Trinajstić information content (AvgIpc) is 3.40. The molecule has 1 aliphatic carbocycles. The maximum absolute atomic E-state index is 12.7. The van der Waals surface area contributed by atoms with Gasteiger partial charge in [-0.05, 0) is 61.1 Å². The molecular formula is C18H20ClNO3S. The number of rotatable bonds is 6. The number of aryl methyl sites for hydroxylation is 1. The Morgan fingerprint density at radius 1 is 1.17 bits per heavy atom. The third kappa shape index (κ3) is 3.74. The lowest BCUT2D eigenvalue weighted by molar-refractivity contribution is 0.414. The van der Waals surface area contributed by atoms with Crippen molar-refractivity contribution in [2.45, 2.75) is 30.7 Å². The molecule has 0 spiro atoms. The van der Waals surface area contributed by atoms with Crippen molar-refractivity contribution in [3.8, 4) is 5.75 Å². The topological polar surface area (TPSA) is 55.4 Å². The van der Waals surface area contributed by atoms with Crippen LogP contribution >= 0.6 is 11.6 Å². The van der Waals surface area contributed by atoms with E-state index in [2.05, 4.69) is 4.72 Å². The molecule has 0 radical (unpaired) electrons. The summed E-state index contributed by atoms with van der Waals surface area (Å²) in [6, 6.07) is 12.1. The fourth-order valence-electron chi connectivity index (χ4n) is 2.65. The van der Waals surface area contributed by atoms with E-state index in [0.717, 1.165) is 29.7 Å². The molecule has 1 aliphatic rings. The van der Waals surface area contributed by atoms with Crippen LogP contribution in [0.1, 0.15) is 30.0 Å². The zero-order valence-electron chi connectivity index (χ0n) is 13.6. The Balaban J connectivity index is 1.88. The number of hydrogen-bond acceptors (Lipinski definition) is 3. The molecule has 0 amide bonds. The van der Waals surface area contributed by atoms with Gasteiger partial charge >= 0.3 is 0 Å². The lowest BCUT2D eigenvalue weighted by atomic mass is 10.0. The van der Waals surface area contributed by atoms with Crippen molar-refractivity contribution in [1.29, 1.82) is 0 Å². The molecule has 4 nitrogen and oxygen atoms in total. The van der Waals surface area contributed by atoms with Crippen molar-refractivity contribution in [2.75, 3.05) is 7.11 Å². The lowest BCUT2D eigenvalue weighted by Gasteiger charge is -2.19. The van der Waals surface area contributed by atoms with Crippen LogP contribution in [0.15, 0.2) is 47.4 Å². The van der Waals surface area contributed by atoms with Gasteiger partial charge in [-0.25, -0.2) is 13.1 Å². The van der Waals surface area contributed by atoms with Gasteiger partial charge in [-0.1, -0.05) is 29.8 Å². The minimum absolute atomic E-state index is 0.192. The number of benzene rings is 2. The normalized spacial score (nSPS) is 16.0. The predicted octanol–water partition coefficient (Wildman–Crippen LogP) is 4.09. The zero-order chi connectivity index (χ0) is 17.3. The van der Waals surface area contributed by atoms with E-state index in [0.29, 0.717) is 10.9 Å². The second-order valence-electron chi connectivity index (χ2n) is 6.12. The number of sulfonamides is 1. The monoisotopic (exact) mass is 365 g/mol. The van der Waals surface area contributed by atoms with E-state index >= 15 is 0 Å². The molecule has 1 saturated carbocycles. The summed E-state index contributed by atoms with van der Waals surface area (Å²) in [5.41, 5.74) is 1.80. The first-order chi connectivity index (χ1) is 11.4. The van der Waals surface area contributed by atoms with E-state index in [9.17, 15) is 8.42 Å². The zero-order valence-corrected chi connectivity index (χ0v) is 15.2. The van der Waals surface area contributed by atoms with Gasteiger partial charge in [-0.3, -0.25) is 0 Å². The van der Waals surface area contributed by atoms with Gasteiger partial charge in [0.05, 0.1) is 12.0 Å². The van der Waals surface area contributed by atoms with Gasteiger partial charge in [-0.2, -0.15) is 0 Å². The standard InChI is InChI=1S/C18H20ClNO3S/c1-12-3-10-16(11-17(12)19)24(21,22)20-18(13-4-5-13)14-6-8-15(23-2)9-7-14/h3,6-11,13,18,20H,4-5H2,1-2H3. The maximum Gasteiger partial charge on any atom is 0.241 e. The number of nitrogens with one attached hydrogen (secondary N) is 1. The second kappa shape index (κ2) is 6.75. The summed E-state index contributed by atoms with van der Waals surface area (Å²) in [6.45, 7) is 1.84. The number of methoxy groups -OCH3 is 1. The molecule has 0 aromatic heterocycles. The van der Waals surface area contributed by atoms with Crippen LogP contribution in [-0.4, -0.2) is 15.5 Å². The van der Waals surface area contributed by atoms with Crippen LogP contribution in [0.5, 0.6) is 5.75 Å². The highest BCUT2D eigenvalue weighted by atomic mass is 35.5. The highest BCUT2D eigenvalue weighted by molar-refractivity contribution is 7.89. The Kier molecular flexibility index (Phi) is 4.85. The van der Waals surface area contributed by atoms with Crippen LogP contribution in [-0.2, 0) is 10.0 Å². The van der Waals surface area contributed by atoms with E-state index < -0.39 is 10.0 Å². The first-order valence-corrected chi connectivity index (χ1v) is 9.69. The van der Waals surface area contributed by atoms with Gasteiger partial charge in [0.25, 0.3) is 0 Å². The van der Waals surface area contributed by atoms with E-state index in [1.807, 2.05) is 31.2 Å². The van der Waals surface area contributed by atoms with Crippen molar-refractivity contribution in [3.05, 3.63) is 58.6 Å². The summed E-state index contributed by atoms with van der Waals surface area (Å²) in [6.07, 6.45) is 2.04. The fraction of sp³-hybridized carbons (Fsp3) is 0.333. The molecular weight excluding hydrogens is 346 g/mol. The molecule has 1 N–H and O–H groups in total. The van der Waals surface area contributed by atoms with Gasteiger partial charge < -0.3 is 4.74 Å². The van der Waals surface area contributed by atoms with Gasteiger partial charge in [0.15, 0.2) is 0 Å². The van der Waals surface area contributed by atoms with Crippen LogP contribution in [0.2, 0.25) is 5.02 Å². The van der Waals surface area contributed by atoms with Gasteiger partial charge in [0, 0.05) is 11.1 Å². The van der Waals surface area contributed by atoms with Crippen molar-refractivity contribution >= 4 is 21.6 Å². The summed E-state index contributed by atoms with van der Waals surface area (Å²) in [5, 5.41) is 0.449. The highest BCUT2D eigenvalue weighted by Crippen LogP contribution is 2.42. The molecule has 0 bridgehead atoms. The quantitative estimate of drug-likeness (QED) is 0.838. The molecule has 128 valence electrons. The smallest absolute Gasteiger partial charge is 0.241 e. The van der Waals surface area contributed by atoms with E-state index in [1.165, 1.54) is 6.07 Å². The number of ether oxygens (including phenoxy) is 1. The maximum atomic E-state index is 12.7. The molecule has 1 unspecified atom stereocenters. The lowest BCUT2D eigenvalue weighted by Crippen LogP contribution is -2.30. The Hall–Kier alpha value is -1.56. The van der Waals surface area contributed by atoms with Crippen LogP contribution in [0.3, 0.4) is 0 Å². The summed E-state index contributed by atoms with van der Waals surface area (Å²) in [5.74, 6) is 1.08. The highest BCUT2D eigenvalue weighted by Gasteiger charge is 2.35. The average molecular weight is 366 g/mol. The van der Waals surface area contributed by atoms with Crippen molar-refractivity contribution in [2.24, 2.45) is 5.92 Å². The summed E-state index contributed by atoms with van der Waals surface area (Å²) in [4.78, 5) is 0.192. The number of halogens is 1. The molecule has 2 aromatic rings. The molecule has 1 atom stereocenters. The Labute approximate surface area is 147 Å². The Morgan fingerprint density at radius 3 is 2.38 bits per heavy atom. The van der Waals surface area contributed by atoms with Crippen LogP contribution in [0.4, 0.5) is 0 Å². The molecule has 0 aliphatic heterocycles. The van der Waals surface area contributed by atoms with Crippen molar-refractivity contribution in [3.63, 3.8) is 0 Å². The molecule has 3 rings (SSSR count). The van der Waals surface area contributed by atoms with Gasteiger partial charge in [0.2, 0.25) is 10.0 Å². The number of hydrogen-bond donors (Lipinski definition) is 1. The first kappa shape index (κ1) is 17.3. The largest absolute Gasteiger partial charge is 0.497 e. The molecule has 6 heteroatoms. The van der Waals surface area contributed by atoms with E-state index in [-0.39, 0.29) is 10.9 Å². The summed E-state index contributed by atoms with van der Waals surface area (Å²) >= 11 is 6.08. The van der Waals surface area contributed by atoms with Crippen molar-refractivity contribution < 1.29 is 13.2 Å². The molecule has 0 saturated heterocycles. The summed E-state index contributed by atoms with van der Waals surface area (Å²) in [7, 11) is -2.02. The van der Waals surface area contributed by atoms with Crippen LogP contribution in [0, 0.1) is 12.8 Å². The molecule has 1 fully saturated rings. The van der Waals surface area contributed by atoms with Gasteiger partial charge in [0.1, 0.15) is 5.75 Å². The third-order valence-corrected chi connectivity index (χ3v) is 6.15. The minimum Gasteiger partial charge on any atom is -0.497 e. The van der Waals surface area contributed by atoms with Crippen LogP contribution < -0.4 is 9.46 Å². The third-order valence-electron chi connectivity index (χ3n) is 4.30. The Bertz CT molecular complexity index is 830. The van der Waals surface area contributed by atoms with Crippen molar-refractivity contribution in [1.82, 2.24) is 4.72 Å². The van der Waals surface area contributed by atoms with E-state index in [1.54, 1.807) is 19.2 Å². The molecule has 0 heterocycles. The van der Waals surface area contributed by atoms with E-state index in [4.69, 9.17) is 16.3 Å². The minimum atomic E-state index is -3.63. The predicted molar refractivity (Wildman–Crippen MR) is 95.0 cm³/mol. The second-order valence-corrected chi connectivity index (χ2v) is 8.24. The Morgan fingerprint density at radius 2 is 1.83 bits per heavy atom. The molecule has 24 heavy (non-hydrogen) atoms. The summed E-state index contributed by atoms with van der Waals surface area (Å²) < 4.78 is 33.5.